The molecule has 1 fully saturated rings. The highest BCUT2D eigenvalue weighted by Gasteiger charge is 2.20. The topological polar surface area (TPSA) is 107 Å². The van der Waals surface area contributed by atoms with Gasteiger partial charge in [-0.25, -0.2) is 9.78 Å². The molecule has 2 heterocycles. The normalized spacial score (nSPS) is 13.8. The largest absolute Gasteiger partial charge is 0.481 e. The minimum Gasteiger partial charge on any atom is -0.481 e. The van der Waals surface area contributed by atoms with Crippen LogP contribution in [0, 0.1) is 0 Å². The molecule has 0 spiro atoms. The van der Waals surface area contributed by atoms with Crippen molar-refractivity contribution in [1.29, 1.82) is 0 Å². The third kappa shape index (κ3) is 4.61. The molecule has 2 amide bonds. The number of nitrogens with one attached hydrogen (secondary N) is 2. The fourth-order valence-electron chi connectivity index (χ4n) is 3.01. The number of carbonyl (C=O) groups excluding carboxylic acids is 1. The first-order chi connectivity index (χ1) is 13.5. The number of piperazine rings is 1. The van der Waals surface area contributed by atoms with Crippen LogP contribution in [0.3, 0.4) is 0 Å². The fourth-order valence-corrected chi connectivity index (χ4v) is 3.01. The lowest BCUT2D eigenvalue weighted by molar-refractivity contribution is -0.114. The number of nitrogens with zero attached hydrogens (tertiary/aromatic N) is 3. The molecule has 2 aromatic rings. The zero-order chi connectivity index (χ0) is 20.1. The van der Waals surface area contributed by atoms with Gasteiger partial charge in [0.05, 0.1) is 24.7 Å². The SMILES string of the molecule is COc1cc(Nc2ccc(N3CCN(C(=O)O)CC3)cc2)c(NC(C)=O)cn1. The first-order valence-corrected chi connectivity index (χ1v) is 8.88. The van der Waals surface area contributed by atoms with E-state index in [1.807, 2.05) is 24.3 Å². The van der Waals surface area contributed by atoms with E-state index in [0.717, 1.165) is 11.4 Å². The van der Waals surface area contributed by atoms with Crippen LogP contribution < -0.4 is 20.3 Å². The number of pyridine rings is 1. The van der Waals surface area contributed by atoms with Crippen molar-refractivity contribution in [3.63, 3.8) is 0 Å². The van der Waals surface area contributed by atoms with Crippen molar-refractivity contribution in [2.24, 2.45) is 0 Å². The standard InChI is InChI=1S/C19H23N5O4/c1-13(25)21-17-12-20-18(28-2)11-16(17)22-14-3-5-15(6-4-14)23-7-9-24(10-8-23)19(26)27/h3-6,11-12H,7-10H2,1-2H3,(H,20,22)(H,21,25)(H,26,27). The molecule has 1 aliphatic heterocycles. The number of anilines is 4. The fraction of sp³-hybridized carbons (Fsp3) is 0.316. The molecule has 1 aromatic carbocycles. The van der Waals surface area contributed by atoms with Crippen molar-refractivity contribution in [3.05, 3.63) is 36.5 Å². The lowest BCUT2D eigenvalue weighted by Gasteiger charge is -2.34. The Morgan fingerprint density at radius 2 is 1.79 bits per heavy atom. The summed E-state index contributed by atoms with van der Waals surface area (Å²) >= 11 is 0. The number of aromatic nitrogens is 1. The molecule has 1 saturated heterocycles. The number of carbonyl (C=O) groups is 2. The van der Waals surface area contributed by atoms with Gasteiger partial charge in [-0.05, 0) is 24.3 Å². The maximum absolute atomic E-state index is 11.4. The van der Waals surface area contributed by atoms with Crippen molar-refractivity contribution in [2.75, 3.05) is 48.8 Å². The molecule has 9 heteroatoms. The zero-order valence-corrected chi connectivity index (χ0v) is 15.8. The first kappa shape index (κ1) is 19.3. The summed E-state index contributed by atoms with van der Waals surface area (Å²) in [6, 6.07) is 9.54. The summed E-state index contributed by atoms with van der Waals surface area (Å²) < 4.78 is 5.16. The van der Waals surface area contributed by atoms with E-state index in [-0.39, 0.29) is 5.91 Å². The van der Waals surface area contributed by atoms with E-state index in [1.54, 1.807) is 12.3 Å². The van der Waals surface area contributed by atoms with Gasteiger partial charge in [-0.1, -0.05) is 0 Å². The monoisotopic (exact) mass is 385 g/mol. The second kappa shape index (κ2) is 8.47. The van der Waals surface area contributed by atoms with Gasteiger partial charge in [0.1, 0.15) is 0 Å². The van der Waals surface area contributed by atoms with Crippen LogP contribution in [0.25, 0.3) is 0 Å². The van der Waals surface area contributed by atoms with E-state index in [2.05, 4.69) is 20.5 Å². The first-order valence-electron chi connectivity index (χ1n) is 8.88. The minimum absolute atomic E-state index is 0.189. The lowest BCUT2D eigenvalue weighted by Crippen LogP contribution is -2.48. The third-order valence-electron chi connectivity index (χ3n) is 4.46. The van der Waals surface area contributed by atoms with Crippen LogP contribution >= 0.6 is 0 Å². The summed E-state index contributed by atoms with van der Waals surface area (Å²) in [5, 5.41) is 15.1. The Labute approximate surface area is 162 Å². The minimum atomic E-state index is -0.873. The van der Waals surface area contributed by atoms with Crippen LogP contribution in [0.15, 0.2) is 36.5 Å². The number of amides is 2. The molecule has 3 N–H and O–H groups in total. The van der Waals surface area contributed by atoms with Gasteiger partial charge in [-0.3, -0.25) is 4.79 Å². The van der Waals surface area contributed by atoms with Gasteiger partial charge in [-0.2, -0.15) is 0 Å². The molecule has 0 radical (unpaired) electrons. The molecule has 148 valence electrons. The van der Waals surface area contributed by atoms with Gasteiger partial charge < -0.3 is 30.3 Å². The smallest absolute Gasteiger partial charge is 0.407 e. The number of rotatable bonds is 5. The average molecular weight is 385 g/mol. The number of methoxy groups -OCH3 is 1. The Bertz CT molecular complexity index is 848. The van der Waals surface area contributed by atoms with Crippen LogP contribution in [0.1, 0.15) is 6.92 Å². The number of hydrogen-bond donors (Lipinski definition) is 3. The van der Waals surface area contributed by atoms with Crippen LogP contribution in [-0.4, -0.2) is 60.3 Å². The highest BCUT2D eigenvalue weighted by atomic mass is 16.5. The molecule has 0 unspecified atom stereocenters. The molecular weight excluding hydrogens is 362 g/mol. The molecule has 1 aliphatic rings. The van der Waals surface area contributed by atoms with Crippen molar-refractivity contribution in [1.82, 2.24) is 9.88 Å². The third-order valence-corrected chi connectivity index (χ3v) is 4.46. The Morgan fingerprint density at radius 3 is 2.36 bits per heavy atom. The van der Waals surface area contributed by atoms with Gasteiger partial charge in [0, 0.05) is 50.5 Å². The molecule has 1 aromatic heterocycles. The van der Waals surface area contributed by atoms with Crippen molar-refractivity contribution >= 4 is 34.7 Å². The van der Waals surface area contributed by atoms with E-state index in [1.165, 1.54) is 18.9 Å². The molecule has 9 nitrogen and oxygen atoms in total. The van der Waals surface area contributed by atoms with Crippen molar-refractivity contribution in [2.45, 2.75) is 6.92 Å². The Morgan fingerprint density at radius 1 is 1.11 bits per heavy atom. The number of hydrogen-bond acceptors (Lipinski definition) is 6. The van der Waals surface area contributed by atoms with Gasteiger partial charge in [0.25, 0.3) is 0 Å². The summed E-state index contributed by atoms with van der Waals surface area (Å²) in [6.45, 7) is 3.74. The summed E-state index contributed by atoms with van der Waals surface area (Å²) in [7, 11) is 1.53. The summed E-state index contributed by atoms with van der Waals surface area (Å²) in [5.74, 6) is 0.246. The number of carboxylic acid groups (broad SMARTS) is 1. The molecule has 28 heavy (non-hydrogen) atoms. The van der Waals surface area contributed by atoms with Gasteiger partial charge in [0.15, 0.2) is 0 Å². The van der Waals surface area contributed by atoms with Crippen LogP contribution in [-0.2, 0) is 4.79 Å². The Balaban J connectivity index is 1.71. The van der Waals surface area contributed by atoms with Crippen LogP contribution in [0.2, 0.25) is 0 Å². The summed E-state index contributed by atoms with van der Waals surface area (Å²) in [4.78, 5) is 30.1. The summed E-state index contributed by atoms with van der Waals surface area (Å²) in [5.41, 5.74) is 3.10. The number of ether oxygens (including phenoxy) is 1. The maximum atomic E-state index is 11.4. The van der Waals surface area contributed by atoms with E-state index in [4.69, 9.17) is 9.84 Å². The van der Waals surface area contributed by atoms with Gasteiger partial charge in [0.2, 0.25) is 11.8 Å². The molecule has 0 aliphatic carbocycles. The number of benzene rings is 1. The predicted octanol–water partition coefficient (Wildman–Crippen LogP) is 2.59. The molecule has 0 bridgehead atoms. The van der Waals surface area contributed by atoms with Gasteiger partial charge >= 0.3 is 6.09 Å². The average Bonchev–Trinajstić information content (AvgIpc) is 2.69. The molecule has 0 saturated carbocycles. The summed E-state index contributed by atoms with van der Waals surface area (Å²) in [6.07, 6.45) is 0.667. The molecular formula is C19H23N5O4. The predicted molar refractivity (Wildman–Crippen MR) is 107 cm³/mol. The second-order valence-corrected chi connectivity index (χ2v) is 6.38. The van der Waals surface area contributed by atoms with Crippen molar-refractivity contribution < 1.29 is 19.4 Å². The Hall–Kier alpha value is -3.49. The lowest BCUT2D eigenvalue weighted by atomic mass is 10.2. The van der Waals surface area contributed by atoms with E-state index in [0.29, 0.717) is 43.4 Å². The quantitative estimate of drug-likeness (QED) is 0.726. The van der Waals surface area contributed by atoms with Crippen molar-refractivity contribution in [3.8, 4) is 5.88 Å². The highest BCUT2D eigenvalue weighted by molar-refractivity contribution is 5.93. The maximum Gasteiger partial charge on any atom is 0.407 e. The molecule has 3 rings (SSSR count). The van der Waals surface area contributed by atoms with E-state index < -0.39 is 6.09 Å². The van der Waals surface area contributed by atoms with Crippen LogP contribution in [0.4, 0.5) is 27.5 Å². The van der Waals surface area contributed by atoms with Crippen LogP contribution in [0.5, 0.6) is 5.88 Å². The Kier molecular flexibility index (Phi) is 5.83. The van der Waals surface area contributed by atoms with E-state index >= 15 is 0 Å². The van der Waals surface area contributed by atoms with Gasteiger partial charge in [-0.15, -0.1) is 0 Å². The van der Waals surface area contributed by atoms with E-state index in [9.17, 15) is 9.59 Å². The highest BCUT2D eigenvalue weighted by Crippen LogP contribution is 2.29. The second-order valence-electron chi connectivity index (χ2n) is 6.38. The molecule has 0 atom stereocenters. The zero-order valence-electron chi connectivity index (χ0n) is 15.8.